The van der Waals surface area contributed by atoms with Crippen LogP contribution in [0.3, 0.4) is 0 Å². The fraction of sp³-hybridized carbons (Fsp3) is 0.750. The maximum Gasteiger partial charge on any atom is 0.0949 e. The molecular formula is C12H22N4. The Bertz CT molecular complexity index is 350. The summed E-state index contributed by atoms with van der Waals surface area (Å²) in [6.45, 7) is 3.02. The lowest BCUT2D eigenvalue weighted by atomic mass is 9.75. The van der Waals surface area contributed by atoms with Crippen molar-refractivity contribution in [2.45, 2.75) is 44.3 Å². The molecule has 1 fully saturated rings. The lowest BCUT2D eigenvalue weighted by molar-refractivity contribution is 0.0414. The summed E-state index contributed by atoms with van der Waals surface area (Å²) in [4.78, 5) is 6.56. The minimum Gasteiger partial charge on any atom is -0.331 e. The molecule has 16 heavy (non-hydrogen) atoms. The lowest BCUT2D eigenvalue weighted by Gasteiger charge is -2.47. The van der Waals surface area contributed by atoms with E-state index in [1.54, 1.807) is 0 Å². The van der Waals surface area contributed by atoms with E-state index in [4.69, 9.17) is 5.73 Å². The van der Waals surface area contributed by atoms with Crippen LogP contribution in [-0.4, -0.2) is 34.1 Å². The molecule has 1 saturated carbocycles. The molecule has 4 nitrogen and oxygen atoms in total. The van der Waals surface area contributed by atoms with Crippen molar-refractivity contribution < 1.29 is 0 Å². The summed E-state index contributed by atoms with van der Waals surface area (Å²) in [6, 6.07) is 0.0572. The van der Waals surface area contributed by atoms with Crippen molar-refractivity contribution in [1.29, 1.82) is 0 Å². The number of hydrogen-bond acceptors (Lipinski definition) is 3. The molecule has 1 aromatic rings. The third kappa shape index (κ3) is 1.87. The first kappa shape index (κ1) is 11.6. The minimum atomic E-state index is 0.0572. The van der Waals surface area contributed by atoms with E-state index >= 15 is 0 Å². The summed E-state index contributed by atoms with van der Waals surface area (Å²) in [6.07, 6.45) is 7.67. The highest BCUT2D eigenvalue weighted by atomic mass is 15.2. The molecule has 1 unspecified atom stereocenters. The first-order chi connectivity index (χ1) is 7.55. The molecule has 0 saturated heterocycles. The molecule has 90 valence electrons. The summed E-state index contributed by atoms with van der Waals surface area (Å²) in [5.41, 5.74) is 7.40. The Labute approximate surface area is 97.4 Å². The van der Waals surface area contributed by atoms with E-state index in [0.717, 1.165) is 12.2 Å². The van der Waals surface area contributed by atoms with Crippen LogP contribution in [0.2, 0.25) is 0 Å². The van der Waals surface area contributed by atoms with Crippen molar-refractivity contribution in [3.05, 3.63) is 18.2 Å². The molecule has 2 N–H and O–H groups in total. The molecule has 1 aliphatic carbocycles. The van der Waals surface area contributed by atoms with E-state index in [2.05, 4.69) is 28.5 Å². The number of hydrogen-bond donors (Lipinski definition) is 1. The van der Waals surface area contributed by atoms with Crippen LogP contribution in [0.15, 0.2) is 12.5 Å². The fourth-order valence-corrected chi connectivity index (χ4v) is 2.49. The van der Waals surface area contributed by atoms with Gasteiger partial charge in [-0.2, -0.15) is 0 Å². The number of nitrogens with zero attached hydrogens (tertiary/aromatic N) is 3. The summed E-state index contributed by atoms with van der Waals surface area (Å²) in [7, 11) is 4.34. The fourth-order valence-electron chi connectivity index (χ4n) is 2.49. The van der Waals surface area contributed by atoms with Gasteiger partial charge in [0, 0.05) is 24.3 Å². The highest BCUT2D eigenvalue weighted by Crippen LogP contribution is 2.38. The van der Waals surface area contributed by atoms with E-state index in [1.807, 2.05) is 19.4 Å². The molecule has 1 heterocycles. The number of imidazole rings is 1. The Morgan fingerprint density at radius 3 is 2.69 bits per heavy atom. The molecule has 0 bridgehead atoms. The predicted octanol–water partition coefficient (Wildman–Crippen LogP) is 1.39. The van der Waals surface area contributed by atoms with Gasteiger partial charge in [0.2, 0.25) is 0 Å². The topological polar surface area (TPSA) is 47.1 Å². The van der Waals surface area contributed by atoms with Gasteiger partial charge in [-0.05, 0) is 40.3 Å². The zero-order valence-electron chi connectivity index (χ0n) is 10.5. The van der Waals surface area contributed by atoms with Crippen LogP contribution in [0.1, 0.15) is 37.9 Å². The highest BCUT2D eigenvalue weighted by Gasteiger charge is 2.39. The van der Waals surface area contributed by atoms with E-state index in [9.17, 15) is 0 Å². The monoisotopic (exact) mass is 222 g/mol. The smallest absolute Gasteiger partial charge is 0.0949 e. The molecule has 2 rings (SSSR count). The second-order valence-electron chi connectivity index (χ2n) is 5.21. The van der Waals surface area contributed by atoms with Crippen LogP contribution in [0.5, 0.6) is 0 Å². The third-order valence-corrected chi connectivity index (χ3v) is 3.91. The Hall–Kier alpha value is -0.870. The standard InChI is InChI=1S/C12H22N4/c1-10(13)11-7-14-9-16(11)8-12(15(2)3)5-4-6-12/h7,9-10H,4-6,8,13H2,1-3H3. The largest absolute Gasteiger partial charge is 0.331 e. The highest BCUT2D eigenvalue weighted by molar-refractivity contribution is 5.06. The van der Waals surface area contributed by atoms with Gasteiger partial charge in [0.15, 0.2) is 0 Å². The normalized spacial score (nSPS) is 20.8. The molecule has 4 heteroatoms. The molecule has 1 aliphatic rings. The van der Waals surface area contributed by atoms with Gasteiger partial charge in [-0.15, -0.1) is 0 Å². The maximum atomic E-state index is 5.94. The van der Waals surface area contributed by atoms with Crippen LogP contribution >= 0.6 is 0 Å². The minimum absolute atomic E-state index is 0.0572. The van der Waals surface area contributed by atoms with Crippen molar-refractivity contribution in [3.8, 4) is 0 Å². The lowest BCUT2D eigenvalue weighted by Crippen LogP contribution is -2.53. The molecule has 0 aromatic carbocycles. The predicted molar refractivity (Wildman–Crippen MR) is 65.1 cm³/mol. The number of nitrogens with two attached hydrogens (primary N) is 1. The van der Waals surface area contributed by atoms with Crippen molar-refractivity contribution in [3.63, 3.8) is 0 Å². The molecule has 0 amide bonds. The van der Waals surface area contributed by atoms with Crippen molar-refractivity contribution in [2.24, 2.45) is 5.73 Å². The summed E-state index contributed by atoms with van der Waals surface area (Å²) >= 11 is 0. The van der Waals surface area contributed by atoms with E-state index in [-0.39, 0.29) is 6.04 Å². The van der Waals surface area contributed by atoms with Gasteiger partial charge in [0.05, 0.1) is 12.0 Å². The van der Waals surface area contributed by atoms with Gasteiger partial charge in [-0.1, -0.05) is 0 Å². The Kier molecular flexibility index (Phi) is 3.04. The van der Waals surface area contributed by atoms with Gasteiger partial charge in [-0.25, -0.2) is 4.98 Å². The van der Waals surface area contributed by atoms with Crippen LogP contribution in [0.4, 0.5) is 0 Å². The average Bonchev–Trinajstić information content (AvgIpc) is 2.58. The average molecular weight is 222 g/mol. The Morgan fingerprint density at radius 2 is 2.25 bits per heavy atom. The first-order valence-corrected chi connectivity index (χ1v) is 5.98. The zero-order valence-corrected chi connectivity index (χ0v) is 10.5. The molecule has 1 atom stereocenters. The van der Waals surface area contributed by atoms with E-state index < -0.39 is 0 Å². The quantitative estimate of drug-likeness (QED) is 0.837. The first-order valence-electron chi connectivity index (χ1n) is 5.98. The van der Waals surface area contributed by atoms with Crippen LogP contribution in [0.25, 0.3) is 0 Å². The van der Waals surface area contributed by atoms with Crippen LogP contribution in [-0.2, 0) is 6.54 Å². The second kappa shape index (κ2) is 4.18. The van der Waals surface area contributed by atoms with E-state index in [1.165, 1.54) is 19.3 Å². The Morgan fingerprint density at radius 1 is 1.56 bits per heavy atom. The summed E-state index contributed by atoms with van der Waals surface area (Å²) in [5.74, 6) is 0. The van der Waals surface area contributed by atoms with Crippen molar-refractivity contribution in [1.82, 2.24) is 14.5 Å². The molecular weight excluding hydrogens is 200 g/mol. The SMILES string of the molecule is CC(N)c1cncn1CC1(N(C)C)CCC1. The molecule has 0 radical (unpaired) electrons. The second-order valence-corrected chi connectivity index (χ2v) is 5.21. The number of likely N-dealkylation sites (N-methyl/N-ethyl adjacent to an activating group) is 1. The van der Waals surface area contributed by atoms with Gasteiger partial charge in [0.25, 0.3) is 0 Å². The van der Waals surface area contributed by atoms with Crippen molar-refractivity contribution >= 4 is 0 Å². The van der Waals surface area contributed by atoms with Crippen molar-refractivity contribution in [2.75, 3.05) is 14.1 Å². The Balaban J connectivity index is 2.16. The van der Waals surface area contributed by atoms with Gasteiger partial charge < -0.3 is 15.2 Å². The van der Waals surface area contributed by atoms with Crippen LogP contribution < -0.4 is 5.73 Å². The molecule has 0 aliphatic heterocycles. The van der Waals surface area contributed by atoms with Gasteiger partial charge in [-0.3, -0.25) is 0 Å². The zero-order chi connectivity index (χ0) is 11.8. The number of rotatable bonds is 4. The third-order valence-electron chi connectivity index (χ3n) is 3.91. The summed E-state index contributed by atoms with van der Waals surface area (Å²) in [5, 5.41) is 0. The summed E-state index contributed by atoms with van der Waals surface area (Å²) < 4.78 is 2.21. The van der Waals surface area contributed by atoms with E-state index in [0.29, 0.717) is 5.54 Å². The number of aromatic nitrogens is 2. The van der Waals surface area contributed by atoms with Gasteiger partial charge in [0.1, 0.15) is 0 Å². The maximum absolute atomic E-state index is 5.94. The molecule has 0 spiro atoms. The molecule has 1 aromatic heterocycles. The van der Waals surface area contributed by atoms with Gasteiger partial charge >= 0.3 is 0 Å². The van der Waals surface area contributed by atoms with Crippen LogP contribution in [0, 0.1) is 0 Å².